The highest BCUT2D eigenvalue weighted by atomic mass is 19.3. The molecule has 4 N–H and O–H groups in total. The predicted octanol–water partition coefficient (Wildman–Crippen LogP) is 3.05. The smallest absolute Gasteiger partial charge is 0.408 e. The van der Waals surface area contributed by atoms with Gasteiger partial charge in [0.1, 0.15) is 6.54 Å². The van der Waals surface area contributed by atoms with E-state index in [4.69, 9.17) is 4.74 Å². The summed E-state index contributed by atoms with van der Waals surface area (Å²) < 4.78 is 36.5. The molecule has 4 rings (SSSR count). The lowest BCUT2D eigenvalue weighted by molar-refractivity contribution is -0.140. The Kier molecular flexibility index (Phi) is 10.1. The Morgan fingerprint density at radius 3 is 2.33 bits per heavy atom. The first-order valence-corrected chi connectivity index (χ1v) is 14.4. The lowest BCUT2D eigenvalue weighted by Gasteiger charge is -2.30. The van der Waals surface area contributed by atoms with E-state index in [1.54, 1.807) is 30.3 Å². The van der Waals surface area contributed by atoms with E-state index >= 15 is 8.78 Å². The Bertz CT molecular complexity index is 1350. The van der Waals surface area contributed by atoms with E-state index < -0.39 is 60.1 Å². The first kappa shape index (κ1) is 31.6. The van der Waals surface area contributed by atoms with Crippen LogP contribution in [-0.4, -0.2) is 60.9 Å². The highest BCUT2D eigenvalue weighted by Crippen LogP contribution is 2.38. The van der Waals surface area contributed by atoms with Crippen LogP contribution in [0.4, 0.5) is 13.6 Å². The molecule has 12 heteroatoms. The fourth-order valence-corrected chi connectivity index (χ4v) is 4.91. The number of nitrogens with one attached hydrogen (secondary N) is 4. The number of benzene rings is 2. The molecule has 0 spiro atoms. The molecule has 0 bridgehead atoms. The van der Waals surface area contributed by atoms with E-state index in [0.29, 0.717) is 18.5 Å². The maximum atomic E-state index is 15.7. The van der Waals surface area contributed by atoms with Gasteiger partial charge < -0.3 is 26.0 Å². The van der Waals surface area contributed by atoms with Gasteiger partial charge in [0.2, 0.25) is 17.6 Å². The predicted molar refractivity (Wildman–Crippen MR) is 153 cm³/mol. The Balaban J connectivity index is 1.37. The third-order valence-corrected chi connectivity index (χ3v) is 7.42. The van der Waals surface area contributed by atoms with Crippen molar-refractivity contribution in [3.05, 3.63) is 60.2 Å². The van der Waals surface area contributed by atoms with Gasteiger partial charge >= 0.3 is 12.0 Å². The van der Waals surface area contributed by atoms with Crippen LogP contribution in [0.2, 0.25) is 0 Å². The van der Waals surface area contributed by atoms with Crippen molar-refractivity contribution >= 4 is 29.6 Å². The first-order valence-electron chi connectivity index (χ1n) is 14.4. The number of hydrogen-bond acceptors (Lipinski definition) is 6. The minimum atomic E-state index is -3.56. The van der Waals surface area contributed by atoms with Gasteiger partial charge in [0.05, 0.1) is 6.04 Å². The third-order valence-electron chi connectivity index (χ3n) is 7.42. The molecule has 230 valence electrons. The minimum Gasteiger partial charge on any atom is -0.439 e. The number of ether oxygens (including phenoxy) is 1. The SMILES string of the molecule is CC(C)C(OC(=O)NCC(=O)NC(CC1CCNC1=O)C(=O)C(=O)NC1CC1)C(F)(F)c1cccc(-c2ccccc2)c1. The molecule has 2 aliphatic rings. The summed E-state index contributed by atoms with van der Waals surface area (Å²) >= 11 is 0. The number of amides is 4. The average Bonchev–Trinajstić information content (AvgIpc) is 3.72. The Morgan fingerprint density at radius 1 is 1.00 bits per heavy atom. The lowest BCUT2D eigenvalue weighted by Crippen LogP contribution is -2.51. The van der Waals surface area contributed by atoms with E-state index in [-0.39, 0.29) is 23.9 Å². The standard InChI is InChI=1S/C31H36F2N4O6/c1-18(2)27(31(32,33)22-10-6-9-20(15-22)19-7-4-3-5-8-19)43-30(42)35-17-25(38)37-24(16-21-13-14-34-28(21)40)26(39)29(41)36-23-11-12-23/h3-10,15,18,21,23-24,27H,11-14,16-17H2,1-2H3,(H,34,40)(H,35,42)(H,36,41)(H,37,38). The average molecular weight is 599 g/mol. The van der Waals surface area contributed by atoms with Gasteiger partial charge in [-0.05, 0) is 48.8 Å². The quantitative estimate of drug-likeness (QED) is 0.261. The third kappa shape index (κ3) is 8.36. The molecule has 2 aromatic carbocycles. The van der Waals surface area contributed by atoms with Crippen LogP contribution in [0.3, 0.4) is 0 Å². The summed E-state index contributed by atoms with van der Waals surface area (Å²) in [5, 5.41) is 9.76. The van der Waals surface area contributed by atoms with Gasteiger partial charge in [-0.25, -0.2) is 4.79 Å². The van der Waals surface area contributed by atoms with E-state index in [1.165, 1.54) is 32.0 Å². The van der Waals surface area contributed by atoms with Crippen LogP contribution in [0.5, 0.6) is 0 Å². The molecule has 0 radical (unpaired) electrons. The molecule has 2 aromatic rings. The van der Waals surface area contributed by atoms with Crippen molar-refractivity contribution in [3.63, 3.8) is 0 Å². The summed E-state index contributed by atoms with van der Waals surface area (Å²) in [5.41, 5.74) is 0.993. The van der Waals surface area contributed by atoms with E-state index in [2.05, 4.69) is 21.3 Å². The topological polar surface area (TPSA) is 143 Å². The number of rotatable bonds is 13. The fraction of sp³-hybridized carbons (Fsp3) is 0.452. The fourth-order valence-electron chi connectivity index (χ4n) is 4.91. The summed E-state index contributed by atoms with van der Waals surface area (Å²) in [7, 11) is 0. The molecular weight excluding hydrogens is 562 g/mol. The van der Waals surface area contributed by atoms with E-state index in [1.807, 2.05) is 6.07 Å². The number of alkyl halides is 2. The number of ketones is 1. The lowest BCUT2D eigenvalue weighted by atomic mass is 9.92. The Labute approximate surface area is 248 Å². The molecule has 1 saturated carbocycles. The number of hydrogen-bond donors (Lipinski definition) is 4. The molecular formula is C31H36F2N4O6. The first-order chi connectivity index (χ1) is 20.5. The van der Waals surface area contributed by atoms with Crippen LogP contribution in [0.15, 0.2) is 54.6 Å². The number of halogens is 2. The van der Waals surface area contributed by atoms with Gasteiger partial charge in [0, 0.05) is 24.1 Å². The normalized spacial score (nSPS) is 17.9. The summed E-state index contributed by atoms with van der Waals surface area (Å²) in [6, 6.07) is 13.4. The number of carbonyl (C=O) groups excluding carboxylic acids is 5. The van der Waals surface area contributed by atoms with E-state index in [0.717, 1.165) is 18.4 Å². The van der Waals surface area contributed by atoms with Gasteiger partial charge in [-0.1, -0.05) is 62.4 Å². The van der Waals surface area contributed by atoms with Crippen molar-refractivity contribution < 1.29 is 37.5 Å². The zero-order valence-corrected chi connectivity index (χ0v) is 24.0. The van der Waals surface area contributed by atoms with Gasteiger partial charge in [-0.3, -0.25) is 19.2 Å². The van der Waals surface area contributed by atoms with Gasteiger partial charge in [0.15, 0.2) is 6.10 Å². The molecule has 0 aromatic heterocycles. The zero-order valence-electron chi connectivity index (χ0n) is 24.0. The molecule has 10 nitrogen and oxygen atoms in total. The maximum absolute atomic E-state index is 15.7. The minimum absolute atomic E-state index is 0.0909. The summed E-state index contributed by atoms with van der Waals surface area (Å²) in [5.74, 6) is -7.83. The van der Waals surface area contributed by atoms with Crippen molar-refractivity contribution in [2.24, 2.45) is 11.8 Å². The Hall–Kier alpha value is -4.35. The second-order valence-electron chi connectivity index (χ2n) is 11.2. The van der Waals surface area contributed by atoms with E-state index in [9.17, 15) is 24.0 Å². The van der Waals surface area contributed by atoms with Crippen LogP contribution in [-0.2, 0) is 29.8 Å². The largest absolute Gasteiger partial charge is 0.439 e. The molecule has 4 amide bonds. The molecule has 1 heterocycles. The number of carbonyl (C=O) groups is 5. The van der Waals surface area contributed by atoms with Crippen molar-refractivity contribution in [1.82, 2.24) is 21.3 Å². The number of alkyl carbamates (subject to hydrolysis) is 1. The van der Waals surface area contributed by atoms with Gasteiger partial charge in [0.25, 0.3) is 5.91 Å². The van der Waals surface area contributed by atoms with Crippen LogP contribution >= 0.6 is 0 Å². The highest BCUT2D eigenvalue weighted by Gasteiger charge is 2.46. The molecule has 3 atom stereocenters. The summed E-state index contributed by atoms with van der Waals surface area (Å²) in [6.07, 6.45) is -1.26. The molecule has 2 fully saturated rings. The second-order valence-corrected chi connectivity index (χ2v) is 11.2. The maximum Gasteiger partial charge on any atom is 0.408 e. The second kappa shape index (κ2) is 13.7. The van der Waals surface area contributed by atoms with Crippen molar-refractivity contribution in [2.75, 3.05) is 13.1 Å². The van der Waals surface area contributed by atoms with Crippen molar-refractivity contribution in [1.29, 1.82) is 0 Å². The molecule has 1 aliphatic heterocycles. The molecule has 1 aliphatic carbocycles. The molecule has 3 unspecified atom stereocenters. The van der Waals surface area contributed by atoms with Crippen LogP contribution in [0.1, 0.15) is 45.1 Å². The Morgan fingerprint density at radius 2 is 1.70 bits per heavy atom. The molecule has 1 saturated heterocycles. The summed E-state index contributed by atoms with van der Waals surface area (Å²) in [4.78, 5) is 62.5. The zero-order chi connectivity index (χ0) is 31.1. The monoisotopic (exact) mass is 598 g/mol. The highest BCUT2D eigenvalue weighted by molar-refractivity contribution is 6.38. The van der Waals surface area contributed by atoms with Crippen LogP contribution in [0.25, 0.3) is 11.1 Å². The van der Waals surface area contributed by atoms with Crippen molar-refractivity contribution in [2.45, 2.75) is 63.6 Å². The van der Waals surface area contributed by atoms with Crippen LogP contribution in [0, 0.1) is 11.8 Å². The van der Waals surface area contributed by atoms with Crippen molar-refractivity contribution in [3.8, 4) is 11.1 Å². The van der Waals surface area contributed by atoms with Crippen LogP contribution < -0.4 is 21.3 Å². The summed E-state index contributed by atoms with van der Waals surface area (Å²) in [6.45, 7) is 2.69. The molecule has 43 heavy (non-hydrogen) atoms. The van der Waals surface area contributed by atoms with Gasteiger partial charge in [-0.2, -0.15) is 8.78 Å². The number of Topliss-reactive ketones (excluding diaryl/α,β-unsaturated/α-hetero) is 1. The van der Waals surface area contributed by atoms with Gasteiger partial charge in [-0.15, -0.1) is 0 Å².